The molecule has 29 heavy (non-hydrogen) atoms. The summed E-state index contributed by atoms with van der Waals surface area (Å²) in [5.74, 6) is 2.35. The van der Waals surface area contributed by atoms with Crippen LogP contribution in [0.5, 0.6) is 5.88 Å². The minimum atomic E-state index is 0. The third kappa shape index (κ3) is 10.5. The number of likely N-dealkylation sites (tertiary alicyclic amines) is 1. The standard InChI is InChI=1S/C21H37N5O2.HI/c1-4-22-21(24-11-6-12-26-13-8-18(2)9-14-26)25-17-19-7-5-10-23-20(19)28-16-15-27-3;/h5,7,10,18H,4,6,8-9,11-17H2,1-3H3,(H2,22,24,25);1H. The van der Waals surface area contributed by atoms with Gasteiger partial charge in [0.05, 0.1) is 13.2 Å². The van der Waals surface area contributed by atoms with Crippen LogP contribution in [0.4, 0.5) is 0 Å². The van der Waals surface area contributed by atoms with E-state index < -0.39 is 0 Å². The van der Waals surface area contributed by atoms with Gasteiger partial charge in [-0.3, -0.25) is 0 Å². The molecule has 1 aliphatic heterocycles. The molecule has 2 heterocycles. The number of ether oxygens (including phenoxy) is 2. The van der Waals surface area contributed by atoms with E-state index in [-0.39, 0.29) is 24.0 Å². The molecule has 0 aliphatic carbocycles. The zero-order valence-electron chi connectivity index (χ0n) is 18.2. The zero-order chi connectivity index (χ0) is 20.0. The lowest BCUT2D eigenvalue weighted by molar-refractivity contribution is 0.143. The molecule has 1 aromatic heterocycles. The molecule has 0 atom stereocenters. The highest BCUT2D eigenvalue weighted by molar-refractivity contribution is 14.0. The van der Waals surface area contributed by atoms with Crippen LogP contribution in [0.15, 0.2) is 23.3 Å². The zero-order valence-corrected chi connectivity index (χ0v) is 20.5. The molecule has 0 bridgehead atoms. The van der Waals surface area contributed by atoms with Crippen LogP contribution in [-0.4, -0.2) is 68.9 Å². The Morgan fingerprint density at radius 1 is 1.28 bits per heavy atom. The van der Waals surface area contributed by atoms with Crippen molar-refractivity contribution in [2.24, 2.45) is 10.9 Å². The van der Waals surface area contributed by atoms with E-state index in [1.54, 1.807) is 13.3 Å². The largest absolute Gasteiger partial charge is 0.475 e. The third-order valence-corrected chi connectivity index (χ3v) is 4.95. The second kappa shape index (κ2) is 15.7. The molecule has 2 rings (SSSR count). The lowest BCUT2D eigenvalue weighted by Gasteiger charge is -2.30. The summed E-state index contributed by atoms with van der Waals surface area (Å²) < 4.78 is 10.7. The van der Waals surface area contributed by atoms with Gasteiger partial charge in [0.15, 0.2) is 5.96 Å². The van der Waals surface area contributed by atoms with Crippen LogP contribution in [0, 0.1) is 5.92 Å². The lowest BCUT2D eigenvalue weighted by atomic mass is 9.99. The molecule has 7 nitrogen and oxygen atoms in total. The molecule has 0 amide bonds. The van der Waals surface area contributed by atoms with Crippen LogP contribution >= 0.6 is 24.0 Å². The fourth-order valence-electron chi connectivity index (χ4n) is 3.20. The van der Waals surface area contributed by atoms with E-state index in [0.29, 0.717) is 25.6 Å². The van der Waals surface area contributed by atoms with E-state index in [1.807, 2.05) is 12.1 Å². The third-order valence-electron chi connectivity index (χ3n) is 4.95. The maximum absolute atomic E-state index is 5.69. The van der Waals surface area contributed by atoms with Crippen LogP contribution in [-0.2, 0) is 11.3 Å². The van der Waals surface area contributed by atoms with Crippen molar-refractivity contribution in [3.63, 3.8) is 0 Å². The highest BCUT2D eigenvalue weighted by Gasteiger charge is 2.14. The van der Waals surface area contributed by atoms with Crippen molar-refractivity contribution in [1.82, 2.24) is 20.5 Å². The van der Waals surface area contributed by atoms with Crippen LogP contribution in [0.2, 0.25) is 0 Å². The van der Waals surface area contributed by atoms with Gasteiger partial charge in [-0.1, -0.05) is 13.0 Å². The molecule has 2 N–H and O–H groups in total. The summed E-state index contributed by atoms with van der Waals surface area (Å²) >= 11 is 0. The molecule has 1 saturated heterocycles. The molecule has 8 heteroatoms. The number of piperidine rings is 1. The van der Waals surface area contributed by atoms with Gasteiger partial charge in [-0.15, -0.1) is 24.0 Å². The number of hydrogen-bond acceptors (Lipinski definition) is 5. The van der Waals surface area contributed by atoms with E-state index in [0.717, 1.165) is 43.5 Å². The topological polar surface area (TPSA) is 71.0 Å². The first-order valence-corrected chi connectivity index (χ1v) is 10.5. The normalized spacial score (nSPS) is 15.6. The van der Waals surface area contributed by atoms with Gasteiger partial charge in [0.1, 0.15) is 6.61 Å². The fraction of sp³-hybridized carbons (Fsp3) is 0.714. The molecule has 1 fully saturated rings. The minimum Gasteiger partial charge on any atom is -0.475 e. The van der Waals surface area contributed by atoms with Gasteiger partial charge in [0.25, 0.3) is 0 Å². The molecule has 0 saturated carbocycles. The van der Waals surface area contributed by atoms with Crippen molar-refractivity contribution >= 4 is 29.9 Å². The summed E-state index contributed by atoms with van der Waals surface area (Å²) in [5, 5.41) is 6.75. The Morgan fingerprint density at radius 3 is 2.79 bits per heavy atom. The summed E-state index contributed by atoms with van der Waals surface area (Å²) in [5.41, 5.74) is 0.971. The van der Waals surface area contributed by atoms with Gasteiger partial charge in [-0.05, 0) is 57.8 Å². The number of rotatable bonds is 11. The molecule has 0 radical (unpaired) electrons. The highest BCUT2D eigenvalue weighted by atomic mass is 127. The molecule has 0 aromatic carbocycles. The summed E-state index contributed by atoms with van der Waals surface area (Å²) in [4.78, 5) is 11.6. The number of nitrogens with one attached hydrogen (secondary N) is 2. The minimum absolute atomic E-state index is 0. The molecule has 0 spiro atoms. The van der Waals surface area contributed by atoms with E-state index in [9.17, 15) is 0 Å². The van der Waals surface area contributed by atoms with Crippen molar-refractivity contribution in [2.75, 3.05) is 53.0 Å². The Hall–Kier alpha value is -1.13. The van der Waals surface area contributed by atoms with Crippen LogP contribution in [0.1, 0.15) is 38.7 Å². The lowest BCUT2D eigenvalue weighted by Crippen LogP contribution is -2.39. The van der Waals surface area contributed by atoms with Gasteiger partial charge < -0.3 is 25.0 Å². The predicted octanol–water partition coefficient (Wildman–Crippen LogP) is 2.90. The first kappa shape index (κ1) is 25.9. The number of aliphatic imine (C=N–C) groups is 1. The Bertz CT molecular complexity index is 580. The van der Waals surface area contributed by atoms with E-state index in [2.05, 4.69) is 34.4 Å². The summed E-state index contributed by atoms with van der Waals surface area (Å²) in [6, 6.07) is 3.91. The van der Waals surface area contributed by atoms with Gasteiger partial charge in [-0.25, -0.2) is 9.98 Å². The molecular formula is C21H38IN5O2. The average Bonchev–Trinajstić information content (AvgIpc) is 2.71. The van der Waals surface area contributed by atoms with Crippen molar-refractivity contribution in [3.8, 4) is 5.88 Å². The number of aromatic nitrogens is 1. The summed E-state index contributed by atoms with van der Waals surface area (Å²) in [6.07, 6.45) is 5.52. The van der Waals surface area contributed by atoms with E-state index in [4.69, 9.17) is 14.5 Å². The molecule has 1 aliphatic rings. The first-order chi connectivity index (χ1) is 13.7. The Balaban J connectivity index is 0.00000420. The number of guanidine groups is 1. The molecular weight excluding hydrogens is 481 g/mol. The summed E-state index contributed by atoms with van der Waals surface area (Å²) in [7, 11) is 1.66. The van der Waals surface area contributed by atoms with Crippen LogP contribution < -0.4 is 15.4 Å². The fourth-order valence-corrected chi connectivity index (χ4v) is 3.20. The van der Waals surface area contributed by atoms with Crippen molar-refractivity contribution in [2.45, 2.75) is 39.7 Å². The Kier molecular flexibility index (Phi) is 14.0. The van der Waals surface area contributed by atoms with Crippen LogP contribution in [0.25, 0.3) is 0 Å². The SMILES string of the molecule is CCNC(=NCc1cccnc1OCCOC)NCCCN1CCC(C)CC1.I. The Labute approximate surface area is 193 Å². The number of hydrogen-bond donors (Lipinski definition) is 2. The predicted molar refractivity (Wildman–Crippen MR) is 129 cm³/mol. The second-order valence-corrected chi connectivity index (χ2v) is 7.31. The second-order valence-electron chi connectivity index (χ2n) is 7.31. The van der Waals surface area contributed by atoms with Crippen LogP contribution in [0.3, 0.4) is 0 Å². The van der Waals surface area contributed by atoms with Gasteiger partial charge >= 0.3 is 0 Å². The number of methoxy groups -OCH3 is 1. The molecule has 1 aromatic rings. The maximum Gasteiger partial charge on any atom is 0.218 e. The first-order valence-electron chi connectivity index (χ1n) is 10.5. The summed E-state index contributed by atoms with van der Waals surface area (Å²) in [6.45, 7) is 11.4. The smallest absolute Gasteiger partial charge is 0.218 e. The van der Waals surface area contributed by atoms with E-state index >= 15 is 0 Å². The number of halogens is 1. The van der Waals surface area contributed by atoms with Crippen molar-refractivity contribution in [3.05, 3.63) is 23.9 Å². The van der Waals surface area contributed by atoms with E-state index in [1.165, 1.54) is 25.9 Å². The maximum atomic E-state index is 5.69. The van der Waals surface area contributed by atoms with Gasteiger partial charge in [0.2, 0.25) is 5.88 Å². The Morgan fingerprint density at radius 2 is 2.07 bits per heavy atom. The average molecular weight is 519 g/mol. The van der Waals surface area contributed by atoms with Crippen molar-refractivity contribution in [1.29, 1.82) is 0 Å². The monoisotopic (exact) mass is 519 g/mol. The van der Waals surface area contributed by atoms with Crippen molar-refractivity contribution < 1.29 is 9.47 Å². The van der Waals surface area contributed by atoms with Gasteiger partial charge in [-0.2, -0.15) is 0 Å². The molecule has 0 unspecified atom stereocenters. The quantitative estimate of drug-likeness (QED) is 0.203. The molecule has 166 valence electrons. The highest BCUT2D eigenvalue weighted by Crippen LogP contribution is 2.16. The van der Waals surface area contributed by atoms with Gasteiger partial charge in [0, 0.05) is 32.0 Å². The number of nitrogens with zero attached hydrogens (tertiary/aromatic N) is 3. The number of pyridine rings is 1.